The molecule has 1 aromatic carbocycles. The predicted octanol–water partition coefficient (Wildman–Crippen LogP) is 3.61. The van der Waals surface area contributed by atoms with Crippen molar-refractivity contribution < 1.29 is 22.6 Å². The third-order valence-electron chi connectivity index (χ3n) is 3.87. The zero-order chi connectivity index (χ0) is 22.8. The molecule has 3 rings (SSSR count). The van der Waals surface area contributed by atoms with Gasteiger partial charge < -0.3 is 14.4 Å². The number of ether oxygens (including phenoxy) is 2. The highest BCUT2D eigenvalue weighted by Gasteiger charge is 2.29. The number of nitrogens with zero attached hydrogens (tertiary/aromatic N) is 5. The van der Waals surface area contributed by atoms with Crippen LogP contribution in [-0.4, -0.2) is 59.8 Å². The number of methoxy groups -OCH3 is 1. The molecule has 2 heterocycles. The normalized spacial score (nSPS) is 11.8. The lowest BCUT2D eigenvalue weighted by Gasteiger charge is -2.14. The van der Waals surface area contributed by atoms with Gasteiger partial charge in [-0.15, -0.1) is 0 Å². The van der Waals surface area contributed by atoms with Gasteiger partial charge in [0.15, 0.2) is 17.4 Å². The van der Waals surface area contributed by atoms with Gasteiger partial charge >= 0.3 is 6.18 Å². The second-order valence-electron chi connectivity index (χ2n) is 6.51. The van der Waals surface area contributed by atoms with E-state index in [9.17, 15) is 18.0 Å². The maximum atomic E-state index is 12.8. The Hall–Kier alpha value is -3.34. The highest BCUT2D eigenvalue weighted by atomic mass is 35.5. The molecule has 0 radical (unpaired) electrons. The molecule has 12 heteroatoms. The number of hydrogen-bond donors (Lipinski definition) is 0. The summed E-state index contributed by atoms with van der Waals surface area (Å²) in [7, 11) is 4.91. The first-order valence-corrected chi connectivity index (χ1v) is 9.15. The Morgan fingerprint density at radius 2 is 1.90 bits per heavy atom. The second-order valence-corrected chi connectivity index (χ2v) is 6.86. The lowest BCUT2D eigenvalue weighted by atomic mass is 10.2. The van der Waals surface area contributed by atoms with Crippen LogP contribution in [-0.2, 0) is 0 Å². The fraction of sp³-hybridized carbons (Fsp3) is 0.263. The Bertz CT molecular complexity index is 1180. The van der Waals surface area contributed by atoms with Crippen LogP contribution >= 0.6 is 11.6 Å². The van der Waals surface area contributed by atoms with E-state index in [1.54, 1.807) is 43.3 Å². The van der Waals surface area contributed by atoms with Crippen molar-refractivity contribution in [2.24, 2.45) is 4.99 Å². The molecule has 0 fully saturated rings. The molecule has 8 nitrogen and oxygen atoms in total. The Kier molecular flexibility index (Phi) is 6.34. The van der Waals surface area contributed by atoms with Gasteiger partial charge in [-0.25, -0.2) is 9.98 Å². The molecule has 0 atom stereocenters. The van der Waals surface area contributed by atoms with E-state index in [0.717, 1.165) is 4.57 Å². The van der Waals surface area contributed by atoms with E-state index in [2.05, 4.69) is 15.0 Å². The number of benzene rings is 1. The van der Waals surface area contributed by atoms with E-state index in [0.29, 0.717) is 11.4 Å². The molecule has 2 aromatic heterocycles. The lowest BCUT2D eigenvalue weighted by molar-refractivity contribution is -0.154. The summed E-state index contributed by atoms with van der Waals surface area (Å²) in [6.07, 6.45) is -3.15. The molecule has 0 bridgehead atoms. The van der Waals surface area contributed by atoms with Crippen molar-refractivity contribution in [2.45, 2.75) is 6.18 Å². The number of aromatic nitrogens is 3. The number of fused-ring (bicyclic) bond motifs is 1. The summed E-state index contributed by atoms with van der Waals surface area (Å²) in [6, 6.07) is 7.56. The topological polar surface area (TPSA) is 81.8 Å². The number of hydrogen-bond acceptors (Lipinski definition) is 6. The van der Waals surface area contributed by atoms with Crippen LogP contribution in [0.3, 0.4) is 0 Å². The van der Waals surface area contributed by atoms with Crippen LogP contribution in [0.1, 0.15) is 0 Å². The zero-order valence-electron chi connectivity index (χ0n) is 16.6. The smallest absolute Gasteiger partial charge is 0.422 e. The van der Waals surface area contributed by atoms with Crippen molar-refractivity contribution in [1.29, 1.82) is 0 Å². The van der Waals surface area contributed by atoms with Gasteiger partial charge in [-0.05, 0) is 24.3 Å². The van der Waals surface area contributed by atoms with Gasteiger partial charge in [0.2, 0.25) is 5.88 Å². The third kappa shape index (κ3) is 5.23. The molecule has 0 N–H and O–H groups in total. The van der Waals surface area contributed by atoms with Crippen molar-refractivity contribution in [1.82, 2.24) is 19.4 Å². The fourth-order valence-corrected chi connectivity index (χ4v) is 2.73. The Labute approximate surface area is 179 Å². The van der Waals surface area contributed by atoms with Gasteiger partial charge in [0.1, 0.15) is 11.3 Å². The van der Waals surface area contributed by atoms with Gasteiger partial charge in [0, 0.05) is 20.2 Å². The van der Waals surface area contributed by atoms with Crippen molar-refractivity contribution in [3.63, 3.8) is 0 Å². The molecule has 0 saturated carbocycles. The quantitative estimate of drug-likeness (QED) is 0.417. The molecule has 31 heavy (non-hydrogen) atoms. The van der Waals surface area contributed by atoms with E-state index < -0.39 is 18.3 Å². The summed E-state index contributed by atoms with van der Waals surface area (Å²) >= 11 is 6.06. The monoisotopic (exact) mass is 455 g/mol. The average Bonchev–Trinajstić information content (AvgIpc) is 2.71. The maximum Gasteiger partial charge on any atom is 0.422 e. The number of pyridine rings is 1. The standard InChI is InChI=1S/C19H17ClF3N5O3/c1-27(2)10-24-13-8-14(31-9-19(21,22)23)25-17-15(13)26-16(20)18(29)28(17)11-4-6-12(30-3)7-5-11/h4-8,10H,9H2,1-3H3/b24-10+. The van der Waals surface area contributed by atoms with Crippen LogP contribution in [0.15, 0.2) is 40.1 Å². The van der Waals surface area contributed by atoms with Crippen molar-refractivity contribution in [3.8, 4) is 17.3 Å². The van der Waals surface area contributed by atoms with E-state index in [1.165, 1.54) is 19.5 Å². The van der Waals surface area contributed by atoms with Gasteiger partial charge in [-0.3, -0.25) is 9.36 Å². The molecule has 0 aliphatic rings. The number of aliphatic imine (C=N–C) groups is 1. The molecule has 164 valence electrons. The molecule has 0 saturated heterocycles. The van der Waals surface area contributed by atoms with Crippen LogP contribution in [0.5, 0.6) is 11.6 Å². The van der Waals surface area contributed by atoms with Crippen LogP contribution in [0.25, 0.3) is 16.9 Å². The van der Waals surface area contributed by atoms with Gasteiger partial charge in [0.25, 0.3) is 5.56 Å². The number of halogens is 4. The number of alkyl halides is 3. The summed E-state index contributed by atoms with van der Waals surface area (Å²) in [5, 5.41) is -0.351. The first kappa shape index (κ1) is 22.3. The summed E-state index contributed by atoms with van der Waals surface area (Å²) in [5.74, 6) is 0.168. The minimum Gasteiger partial charge on any atom is -0.497 e. The Morgan fingerprint density at radius 1 is 1.23 bits per heavy atom. The molecule has 3 aromatic rings. The molecule has 0 aliphatic heterocycles. The van der Waals surface area contributed by atoms with E-state index >= 15 is 0 Å². The SMILES string of the molecule is COc1ccc(-n2c(=O)c(Cl)nc3c(/N=C/N(C)C)cc(OCC(F)(F)F)nc32)cc1. The average molecular weight is 456 g/mol. The number of rotatable bonds is 6. The summed E-state index contributed by atoms with van der Waals surface area (Å²) in [4.78, 5) is 26.7. The van der Waals surface area contributed by atoms with Gasteiger partial charge in [-0.1, -0.05) is 11.6 Å². The summed E-state index contributed by atoms with van der Waals surface area (Å²) < 4.78 is 49.0. The molecule has 0 spiro atoms. The second kappa shape index (κ2) is 8.80. The van der Waals surface area contributed by atoms with Crippen LogP contribution in [0.4, 0.5) is 18.9 Å². The minimum atomic E-state index is -4.57. The van der Waals surface area contributed by atoms with Crippen molar-refractivity contribution in [3.05, 3.63) is 45.8 Å². The van der Waals surface area contributed by atoms with Crippen LogP contribution < -0.4 is 15.0 Å². The fourth-order valence-electron chi connectivity index (χ4n) is 2.56. The summed E-state index contributed by atoms with van der Waals surface area (Å²) in [6.45, 7) is -1.56. The van der Waals surface area contributed by atoms with E-state index in [-0.39, 0.29) is 27.9 Å². The molecular formula is C19H17ClF3N5O3. The predicted molar refractivity (Wildman–Crippen MR) is 110 cm³/mol. The lowest BCUT2D eigenvalue weighted by Crippen LogP contribution is -2.22. The maximum absolute atomic E-state index is 12.8. The van der Waals surface area contributed by atoms with Crippen molar-refractivity contribution >= 4 is 34.8 Å². The Balaban J connectivity index is 2.29. The van der Waals surface area contributed by atoms with Gasteiger partial charge in [0.05, 0.1) is 24.8 Å². The Morgan fingerprint density at radius 3 is 2.48 bits per heavy atom. The van der Waals surface area contributed by atoms with Crippen LogP contribution in [0.2, 0.25) is 5.15 Å². The molecule has 0 unspecified atom stereocenters. The minimum absolute atomic E-state index is 0.0647. The van der Waals surface area contributed by atoms with Gasteiger partial charge in [-0.2, -0.15) is 18.2 Å². The summed E-state index contributed by atoms with van der Waals surface area (Å²) in [5.41, 5.74) is -0.187. The zero-order valence-corrected chi connectivity index (χ0v) is 17.4. The van der Waals surface area contributed by atoms with E-state index in [4.69, 9.17) is 21.1 Å². The third-order valence-corrected chi connectivity index (χ3v) is 4.12. The largest absolute Gasteiger partial charge is 0.497 e. The van der Waals surface area contributed by atoms with E-state index in [1.807, 2.05) is 0 Å². The molecular weight excluding hydrogens is 439 g/mol. The van der Waals surface area contributed by atoms with Crippen molar-refractivity contribution in [2.75, 3.05) is 27.8 Å². The molecule has 0 amide bonds. The first-order valence-electron chi connectivity index (χ1n) is 8.77. The van der Waals surface area contributed by atoms with Crippen LogP contribution in [0, 0.1) is 0 Å². The highest BCUT2D eigenvalue weighted by molar-refractivity contribution is 6.29. The highest BCUT2D eigenvalue weighted by Crippen LogP contribution is 2.30. The molecule has 0 aliphatic carbocycles. The first-order chi connectivity index (χ1) is 14.6.